The van der Waals surface area contributed by atoms with Gasteiger partial charge in [0.2, 0.25) is 0 Å². The van der Waals surface area contributed by atoms with Gasteiger partial charge in [-0.15, -0.1) is 0 Å². The van der Waals surface area contributed by atoms with Crippen molar-refractivity contribution >= 4 is 11.8 Å². The minimum atomic E-state index is 0.809. The van der Waals surface area contributed by atoms with Crippen molar-refractivity contribution in [2.45, 2.75) is 39.5 Å². The highest BCUT2D eigenvalue weighted by atomic mass is 16.5. The van der Waals surface area contributed by atoms with Crippen LogP contribution in [-0.4, -0.2) is 22.8 Å². The Balaban J connectivity index is 1.71. The van der Waals surface area contributed by atoms with Crippen LogP contribution in [-0.2, 0) is 17.6 Å². The number of H-pyrrole nitrogens is 2. The van der Waals surface area contributed by atoms with Gasteiger partial charge in [0.25, 0.3) is 0 Å². The highest BCUT2D eigenvalue weighted by Gasteiger charge is 2.20. The van der Waals surface area contributed by atoms with Crippen molar-refractivity contribution in [2.75, 3.05) is 7.11 Å². The number of nitrogens with zero attached hydrogens (tertiary/aromatic N) is 1. The van der Waals surface area contributed by atoms with Gasteiger partial charge < -0.3 is 14.7 Å². The minimum absolute atomic E-state index is 0.809. The van der Waals surface area contributed by atoms with E-state index < -0.39 is 0 Å². The van der Waals surface area contributed by atoms with Crippen LogP contribution < -0.4 is 0 Å². The zero-order chi connectivity index (χ0) is 16.7. The lowest BCUT2D eigenvalue weighted by molar-refractivity contribution is 0.303. The summed E-state index contributed by atoms with van der Waals surface area (Å²) in [6.07, 6.45) is 8.96. The zero-order valence-corrected chi connectivity index (χ0v) is 14.5. The van der Waals surface area contributed by atoms with E-state index in [1.54, 1.807) is 7.11 Å². The third-order valence-corrected chi connectivity index (χ3v) is 4.84. The average Bonchev–Trinajstić information content (AvgIpc) is 3.24. The Morgan fingerprint density at radius 1 is 1.12 bits per heavy atom. The first kappa shape index (κ1) is 15.1. The molecule has 0 atom stereocenters. The fraction of sp³-hybridized carbons (Fsp3) is 0.350. The zero-order valence-electron chi connectivity index (χ0n) is 14.5. The van der Waals surface area contributed by atoms with Crippen LogP contribution in [0, 0.1) is 13.8 Å². The van der Waals surface area contributed by atoms with Gasteiger partial charge in [0, 0.05) is 23.2 Å². The Bertz CT molecular complexity index is 853. The molecule has 3 heterocycles. The first-order valence-corrected chi connectivity index (χ1v) is 8.58. The van der Waals surface area contributed by atoms with Gasteiger partial charge in [-0.1, -0.05) is 0 Å². The predicted octanol–water partition coefficient (Wildman–Crippen LogP) is 4.21. The number of aliphatic imine (C=N–C) groups is 1. The number of methoxy groups -OCH3 is 1. The number of allylic oxidation sites excluding steroid dienone is 1. The summed E-state index contributed by atoms with van der Waals surface area (Å²) in [6.45, 7) is 4.17. The monoisotopic (exact) mass is 321 g/mol. The van der Waals surface area contributed by atoms with E-state index in [-0.39, 0.29) is 0 Å². The van der Waals surface area contributed by atoms with Gasteiger partial charge in [-0.3, -0.25) is 0 Å². The molecule has 2 N–H and O–H groups in total. The van der Waals surface area contributed by atoms with Crippen LogP contribution in [0.1, 0.15) is 46.7 Å². The number of aryl methyl sites for hydroxylation is 4. The van der Waals surface area contributed by atoms with Crippen LogP contribution >= 0.6 is 0 Å². The lowest BCUT2D eigenvalue weighted by Gasteiger charge is -2.08. The molecule has 0 radical (unpaired) electrons. The summed E-state index contributed by atoms with van der Waals surface area (Å²) in [5, 5.41) is 0. The first-order chi connectivity index (χ1) is 11.6. The first-order valence-electron chi connectivity index (χ1n) is 8.58. The third kappa shape index (κ3) is 2.62. The molecule has 0 fully saturated rings. The van der Waals surface area contributed by atoms with Crippen molar-refractivity contribution in [1.29, 1.82) is 0 Å². The lowest BCUT2D eigenvalue weighted by Crippen LogP contribution is -2.00. The van der Waals surface area contributed by atoms with E-state index in [1.165, 1.54) is 36.1 Å². The maximum Gasteiger partial charge on any atom is 0.146 e. The van der Waals surface area contributed by atoms with Crippen LogP contribution in [0.15, 0.2) is 34.7 Å². The summed E-state index contributed by atoms with van der Waals surface area (Å²) in [6, 6.07) is 4.39. The maximum absolute atomic E-state index is 5.55. The van der Waals surface area contributed by atoms with Crippen molar-refractivity contribution in [3.63, 3.8) is 0 Å². The largest absolute Gasteiger partial charge is 0.494 e. The van der Waals surface area contributed by atoms with Crippen molar-refractivity contribution in [2.24, 2.45) is 4.99 Å². The average molecular weight is 321 g/mol. The fourth-order valence-electron chi connectivity index (χ4n) is 3.60. The molecule has 4 rings (SSSR count). The molecule has 1 aliphatic carbocycles. The van der Waals surface area contributed by atoms with Crippen LogP contribution in [0.5, 0.6) is 0 Å². The summed E-state index contributed by atoms with van der Waals surface area (Å²) >= 11 is 0. The number of fused-ring (bicyclic) bond motifs is 1. The number of ether oxygens (including phenoxy) is 1. The molecular weight excluding hydrogens is 298 g/mol. The SMILES string of the molecule is COC1=CC(c2cc3c([nH]2)CCCC3)=NC1=Cc1[nH]c(C)cc1C. The van der Waals surface area contributed by atoms with Gasteiger partial charge in [-0.25, -0.2) is 4.99 Å². The molecule has 2 aliphatic rings. The smallest absolute Gasteiger partial charge is 0.146 e. The molecule has 2 aromatic heterocycles. The summed E-state index contributed by atoms with van der Waals surface area (Å²) in [4.78, 5) is 11.7. The Morgan fingerprint density at radius 2 is 1.96 bits per heavy atom. The standard InChI is InChI=1S/C20H23N3O/c1-12-8-13(2)21-16(12)10-19-20(24-3)11-18(23-19)17-9-14-6-4-5-7-15(14)22-17/h8-11,21-22H,4-7H2,1-3H3. The molecule has 1 aliphatic heterocycles. The lowest BCUT2D eigenvalue weighted by atomic mass is 9.98. The number of nitrogens with one attached hydrogen (secondary N) is 2. The number of aromatic amines is 2. The van der Waals surface area contributed by atoms with E-state index in [2.05, 4.69) is 42.0 Å². The molecule has 0 aromatic carbocycles. The Hall–Kier alpha value is -2.49. The van der Waals surface area contributed by atoms with Crippen molar-refractivity contribution in [3.8, 4) is 0 Å². The molecule has 4 heteroatoms. The third-order valence-electron chi connectivity index (χ3n) is 4.84. The van der Waals surface area contributed by atoms with Crippen LogP contribution in [0.3, 0.4) is 0 Å². The summed E-state index contributed by atoms with van der Waals surface area (Å²) < 4.78 is 5.55. The Morgan fingerprint density at radius 3 is 2.67 bits per heavy atom. The second-order valence-electron chi connectivity index (χ2n) is 6.68. The fourth-order valence-corrected chi connectivity index (χ4v) is 3.60. The van der Waals surface area contributed by atoms with Gasteiger partial charge in [-0.05, 0) is 68.9 Å². The summed E-state index contributed by atoms with van der Waals surface area (Å²) in [5.41, 5.74) is 9.19. The molecule has 0 saturated heterocycles. The van der Waals surface area contributed by atoms with E-state index in [9.17, 15) is 0 Å². The van der Waals surface area contributed by atoms with Crippen molar-refractivity contribution < 1.29 is 4.74 Å². The number of hydrogen-bond acceptors (Lipinski definition) is 2. The Kier molecular flexibility index (Phi) is 3.68. The number of aromatic nitrogens is 2. The van der Waals surface area contributed by atoms with Gasteiger partial charge in [0.05, 0.1) is 18.5 Å². The van der Waals surface area contributed by atoms with Crippen LogP contribution in [0.25, 0.3) is 6.08 Å². The second-order valence-corrected chi connectivity index (χ2v) is 6.68. The molecule has 0 spiro atoms. The van der Waals surface area contributed by atoms with Gasteiger partial charge >= 0.3 is 0 Å². The molecule has 24 heavy (non-hydrogen) atoms. The molecule has 0 amide bonds. The van der Waals surface area contributed by atoms with Crippen LogP contribution in [0.2, 0.25) is 0 Å². The Labute approximate surface area is 142 Å². The molecule has 124 valence electrons. The van der Waals surface area contributed by atoms with Gasteiger partial charge in [0.15, 0.2) is 0 Å². The van der Waals surface area contributed by atoms with E-state index in [1.807, 2.05) is 6.08 Å². The summed E-state index contributed by atoms with van der Waals surface area (Å²) in [5.74, 6) is 0.809. The van der Waals surface area contributed by atoms with Gasteiger partial charge in [-0.2, -0.15) is 0 Å². The van der Waals surface area contributed by atoms with Crippen molar-refractivity contribution in [1.82, 2.24) is 9.97 Å². The van der Waals surface area contributed by atoms with E-state index in [0.29, 0.717) is 0 Å². The van der Waals surface area contributed by atoms with Gasteiger partial charge in [0.1, 0.15) is 11.5 Å². The molecule has 0 unspecified atom stereocenters. The molecule has 0 bridgehead atoms. The van der Waals surface area contributed by atoms with Crippen molar-refractivity contribution in [3.05, 3.63) is 63.6 Å². The molecule has 0 saturated carbocycles. The number of rotatable bonds is 3. The predicted molar refractivity (Wildman–Crippen MR) is 97.3 cm³/mol. The van der Waals surface area contributed by atoms with Crippen LogP contribution in [0.4, 0.5) is 0 Å². The second kappa shape index (κ2) is 5.86. The maximum atomic E-state index is 5.55. The molecule has 4 nitrogen and oxygen atoms in total. The van der Waals surface area contributed by atoms with E-state index >= 15 is 0 Å². The highest BCUT2D eigenvalue weighted by Crippen LogP contribution is 2.28. The topological polar surface area (TPSA) is 53.2 Å². The molecular formula is C20H23N3O. The summed E-state index contributed by atoms with van der Waals surface area (Å²) in [7, 11) is 1.70. The minimum Gasteiger partial charge on any atom is -0.494 e. The van der Waals surface area contributed by atoms with E-state index in [0.717, 1.165) is 40.7 Å². The molecule has 2 aromatic rings. The quantitative estimate of drug-likeness (QED) is 0.874. The number of hydrogen-bond donors (Lipinski definition) is 2. The normalized spacial score (nSPS) is 18.5. The van der Waals surface area contributed by atoms with E-state index in [4.69, 9.17) is 9.73 Å². The highest BCUT2D eigenvalue weighted by molar-refractivity contribution is 6.11.